The van der Waals surface area contributed by atoms with Crippen molar-refractivity contribution in [2.75, 3.05) is 5.32 Å². The minimum Gasteiger partial charge on any atom is -0.382 e. The Hall–Kier alpha value is -1.58. The Balaban J connectivity index is 1.65. The lowest BCUT2D eigenvalue weighted by atomic mass is 9.71. The molecule has 2 aliphatic rings. The summed E-state index contributed by atoms with van der Waals surface area (Å²) in [4.78, 5) is 10.6. The molecule has 0 radical (unpaired) electrons. The largest absolute Gasteiger partial charge is 0.382 e. The molecule has 0 bridgehead atoms. The van der Waals surface area contributed by atoms with E-state index in [0.29, 0.717) is 11.5 Å². The van der Waals surface area contributed by atoms with E-state index in [1.807, 2.05) is 13.0 Å². The third-order valence-electron chi connectivity index (χ3n) is 5.50. The predicted octanol–water partition coefficient (Wildman–Crippen LogP) is 4.82. The van der Waals surface area contributed by atoms with Gasteiger partial charge in [-0.3, -0.25) is 10.1 Å². The molecule has 1 aromatic carbocycles. The lowest BCUT2D eigenvalue weighted by molar-refractivity contribution is -0.384. The minimum absolute atomic E-state index is 0.172. The second-order valence-corrected chi connectivity index (χ2v) is 6.88. The van der Waals surface area contributed by atoms with Crippen LogP contribution in [0, 0.1) is 22.5 Å². The van der Waals surface area contributed by atoms with Gasteiger partial charge in [0.15, 0.2) is 0 Å². The summed E-state index contributed by atoms with van der Waals surface area (Å²) in [5.41, 5.74) is 2.82. The van der Waals surface area contributed by atoms with E-state index in [1.54, 1.807) is 12.1 Å². The average Bonchev–Trinajstić information content (AvgIpc) is 2.92. The number of nitro benzene ring substituents is 1. The minimum atomic E-state index is -0.320. The number of hydrogen-bond acceptors (Lipinski definition) is 3. The van der Waals surface area contributed by atoms with E-state index < -0.39 is 0 Å². The Morgan fingerprint density at radius 2 is 1.86 bits per heavy atom. The Morgan fingerprint density at radius 1 is 1.19 bits per heavy atom. The van der Waals surface area contributed by atoms with Gasteiger partial charge in [0.25, 0.3) is 5.69 Å². The van der Waals surface area contributed by atoms with Crippen LogP contribution in [0.4, 0.5) is 11.4 Å². The van der Waals surface area contributed by atoms with E-state index in [9.17, 15) is 10.1 Å². The Morgan fingerprint density at radius 3 is 2.48 bits per heavy atom. The Bertz CT molecular complexity index is 526. The maximum Gasteiger partial charge on any atom is 0.271 e. The summed E-state index contributed by atoms with van der Waals surface area (Å²) in [5.74, 6) is 0. The smallest absolute Gasteiger partial charge is 0.271 e. The summed E-state index contributed by atoms with van der Waals surface area (Å²) < 4.78 is 0. The number of anilines is 1. The third-order valence-corrected chi connectivity index (χ3v) is 5.50. The van der Waals surface area contributed by atoms with Gasteiger partial charge >= 0.3 is 0 Å². The van der Waals surface area contributed by atoms with Crippen LogP contribution in [0.3, 0.4) is 0 Å². The highest BCUT2D eigenvalue weighted by Gasteiger charge is 2.37. The van der Waals surface area contributed by atoms with Crippen LogP contribution in [0.2, 0.25) is 0 Å². The van der Waals surface area contributed by atoms with Crippen molar-refractivity contribution in [3.8, 4) is 0 Å². The normalized spacial score (nSPS) is 21.6. The molecule has 114 valence electrons. The van der Waals surface area contributed by atoms with E-state index in [4.69, 9.17) is 0 Å². The van der Waals surface area contributed by atoms with E-state index in [0.717, 1.165) is 11.3 Å². The first-order chi connectivity index (χ1) is 10.1. The quantitative estimate of drug-likeness (QED) is 0.641. The molecule has 4 nitrogen and oxygen atoms in total. The van der Waals surface area contributed by atoms with Gasteiger partial charge in [0.05, 0.1) is 4.92 Å². The summed E-state index contributed by atoms with van der Waals surface area (Å²) in [6.07, 6.45) is 10.7. The number of rotatable bonds is 3. The predicted molar refractivity (Wildman–Crippen MR) is 84.6 cm³/mol. The molecule has 3 rings (SSSR count). The van der Waals surface area contributed by atoms with Gasteiger partial charge in [-0.25, -0.2) is 0 Å². The zero-order valence-corrected chi connectivity index (χ0v) is 12.7. The lowest BCUT2D eigenvalue weighted by Gasteiger charge is -2.38. The van der Waals surface area contributed by atoms with Gasteiger partial charge in [-0.05, 0) is 56.4 Å². The van der Waals surface area contributed by atoms with Crippen molar-refractivity contribution in [2.45, 2.75) is 64.3 Å². The molecule has 21 heavy (non-hydrogen) atoms. The molecule has 1 aromatic rings. The molecule has 0 atom stereocenters. The molecule has 2 saturated carbocycles. The number of hydrogen-bond donors (Lipinski definition) is 1. The van der Waals surface area contributed by atoms with Crippen LogP contribution in [0.25, 0.3) is 0 Å². The van der Waals surface area contributed by atoms with Crippen molar-refractivity contribution in [2.24, 2.45) is 5.41 Å². The highest BCUT2D eigenvalue weighted by Crippen LogP contribution is 2.49. The number of aryl methyl sites for hydroxylation is 1. The zero-order chi connectivity index (χ0) is 14.9. The first kappa shape index (κ1) is 14.4. The van der Waals surface area contributed by atoms with Crippen LogP contribution >= 0.6 is 0 Å². The molecule has 1 spiro atoms. The molecule has 1 N–H and O–H groups in total. The molecule has 4 heteroatoms. The molecule has 0 heterocycles. The van der Waals surface area contributed by atoms with Gasteiger partial charge in [-0.1, -0.05) is 18.9 Å². The van der Waals surface area contributed by atoms with Crippen LogP contribution in [-0.2, 0) is 0 Å². The molecular formula is C17H24N2O2. The summed E-state index contributed by atoms with van der Waals surface area (Å²) in [5, 5.41) is 14.5. The summed E-state index contributed by atoms with van der Waals surface area (Å²) >= 11 is 0. The fraction of sp³-hybridized carbons (Fsp3) is 0.647. The van der Waals surface area contributed by atoms with Crippen molar-refractivity contribution >= 4 is 11.4 Å². The maximum atomic E-state index is 10.9. The molecule has 0 aromatic heterocycles. The zero-order valence-electron chi connectivity index (χ0n) is 12.7. The molecule has 0 unspecified atom stereocenters. The fourth-order valence-electron chi connectivity index (χ4n) is 4.10. The van der Waals surface area contributed by atoms with E-state index in [-0.39, 0.29) is 10.6 Å². The highest BCUT2D eigenvalue weighted by atomic mass is 16.6. The highest BCUT2D eigenvalue weighted by molar-refractivity contribution is 5.57. The Kier molecular flexibility index (Phi) is 3.87. The first-order valence-corrected chi connectivity index (χ1v) is 8.10. The molecule has 0 saturated heterocycles. The van der Waals surface area contributed by atoms with Gasteiger partial charge < -0.3 is 5.32 Å². The molecule has 0 amide bonds. The van der Waals surface area contributed by atoms with Gasteiger partial charge in [0, 0.05) is 23.9 Å². The number of nitrogens with zero attached hydrogens (tertiary/aromatic N) is 1. The Labute approximate surface area is 126 Å². The van der Waals surface area contributed by atoms with Gasteiger partial charge in [-0.15, -0.1) is 0 Å². The monoisotopic (exact) mass is 288 g/mol. The standard InChI is InChI=1S/C17H24N2O2/c1-13-4-5-15(19(20)21)12-16(13)18-14-6-10-17(11-7-14)8-2-3-9-17/h4-5,12,14,18H,2-3,6-11H2,1H3. The summed E-state index contributed by atoms with van der Waals surface area (Å²) in [7, 11) is 0. The number of non-ortho nitro benzene ring substituents is 1. The van der Waals surface area contributed by atoms with Crippen LogP contribution < -0.4 is 5.32 Å². The van der Waals surface area contributed by atoms with Crippen molar-refractivity contribution in [1.82, 2.24) is 0 Å². The maximum absolute atomic E-state index is 10.9. The number of benzene rings is 1. The fourth-order valence-corrected chi connectivity index (χ4v) is 4.10. The summed E-state index contributed by atoms with van der Waals surface area (Å²) in [6.45, 7) is 2.01. The van der Waals surface area contributed by atoms with Crippen molar-refractivity contribution in [3.63, 3.8) is 0 Å². The second kappa shape index (κ2) is 5.66. The van der Waals surface area contributed by atoms with Gasteiger partial charge in [-0.2, -0.15) is 0 Å². The molecule has 2 fully saturated rings. The first-order valence-electron chi connectivity index (χ1n) is 8.10. The van der Waals surface area contributed by atoms with Crippen LogP contribution in [0.5, 0.6) is 0 Å². The molecular weight excluding hydrogens is 264 g/mol. The van der Waals surface area contributed by atoms with Crippen LogP contribution in [-0.4, -0.2) is 11.0 Å². The van der Waals surface area contributed by atoms with Gasteiger partial charge in [0.1, 0.15) is 0 Å². The van der Waals surface area contributed by atoms with E-state index in [2.05, 4.69) is 5.32 Å². The van der Waals surface area contributed by atoms with Crippen molar-refractivity contribution < 1.29 is 4.92 Å². The SMILES string of the molecule is Cc1ccc([N+](=O)[O-])cc1NC1CCC2(CCCC2)CC1. The number of nitro groups is 1. The van der Waals surface area contributed by atoms with Crippen molar-refractivity contribution in [1.29, 1.82) is 0 Å². The van der Waals surface area contributed by atoms with Crippen molar-refractivity contribution in [3.05, 3.63) is 33.9 Å². The number of nitrogens with one attached hydrogen (secondary N) is 1. The molecule has 0 aliphatic heterocycles. The van der Waals surface area contributed by atoms with Crippen LogP contribution in [0.15, 0.2) is 18.2 Å². The summed E-state index contributed by atoms with van der Waals surface area (Å²) in [6, 6.07) is 5.56. The van der Waals surface area contributed by atoms with Crippen LogP contribution in [0.1, 0.15) is 56.9 Å². The van der Waals surface area contributed by atoms with Gasteiger partial charge in [0.2, 0.25) is 0 Å². The topological polar surface area (TPSA) is 55.2 Å². The third kappa shape index (κ3) is 3.04. The average molecular weight is 288 g/mol. The van der Waals surface area contributed by atoms with E-state index >= 15 is 0 Å². The molecule has 2 aliphatic carbocycles. The van der Waals surface area contributed by atoms with E-state index in [1.165, 1.54) is 51.4 Å². The second-order valence-electron chi connectivity index (χ2n) is 6.88. The lowest BCUT2D eigenvalue weighted by Crippen LogP contribution is -2.31.